The van der Waals surface area contributed by atoms with Crippen LogP contribution in [0.15, 0.2) is 0 Å². The minimum atomic E-state index is 0.325. The fourth-order valence-electron chi connectivity index (χ4n) is 1.78. The first-order chi connectivity index (χ1) is 7.27. The Labute approximate surface area is 98.1 Å². The average molecular weight is 232 g/mol. The number of rotatable bonds is 7. The molecule has 3 atom stereocenters. The van der Waals surface area contributed by atoms with Crippen molar-refractivity contribution in [2.24, 2.45) is 5.92 Å². The van der Waals surface area contributed by atoms with Crippen molar-refractivity contribution in [1.29, 1.82) is 0 Å². The van der Waals surface area contributed by atoms with Crippen molar-refractivity contribution in [3.63, 3.8) is 0 Å². The molecular formula is C12H24O2S. The van der Waals surface area contributed by atoms with Gasteiger partial charge in [-0.25, -0.2) is 0 Å². The Balaban J connectivity index is 2.13. The van der Waals surface area contributed by atoms with E-state index in [2.05, 4.69) is 20.8 Å². The quantitative estimate of drug-likeness (QED) is 0.627. The number of unbranched alkanes of at least 4 members (excludes halogenated alkanes) is 1. The normalized spacial score (nSPS) is 31.0. The molecule has 0 bridgehead atoms. The second-order valence-corrected chi connectivity index (χ2v) is 5.64. The van der Waals surface area contributed by atoms with Gasteiger partial charge in [0.2, 0.25) is 0 Å². The Hall–Kier alpha value is 0.270. The van der Waals surface area contributed by atoms with Crippen molar-refractivity contribution in [3.05, 3.63) is 0 Å². The van der Waals surface area contributed by atoms with E-state index in [4.69, 9.17) is 9.47 Å². The molecule has 15 heavy (non-hydrogen) atoms. The van der Waals surface area contributed by atoms with Crippen molar-refractivity contribution in [3.8, 4) is 0 Å². The second-order valence-electron chi connectivity index (χ2n) is 4.20. The highest BCUT2D eigenvalue weighted by molar-refractivity contribution is 7.99. The zero-order valence-electron chi connectivity index (χ0n) is 10.2. The Morgan fingerprint density at radius 2 is 2.20 bits per heavy atom. The summed E-state index contributed by atoms with van der Waals surface area (Å²) >= 11 is 1.91. The Morgan fingerprint density at radius 3 is 2.87 bits per heavy atom. The Bertz CT molecular complexity index is 164. The van der Waals surface area contributed by atoms with Gasteiger partial charge in [0.05, 0.1) is 12.7 Å². The highest BCUT2D eigenvalue weighted by Crippen LogP contribution is 2.32. The van der Waals surface area contributed by atoms with Gasteiger partial charge in [0.25, 0.3) is 0 Å². The van der Waals surface area contributed by atoms with E-state index in [1.54, 1.807) is 0 Å². The molecule has 0 radical (unpaired) electrons. The van der Waals surface area contributed by atoms with Crippen LogP contribution in [0, 0.1) is 5.92 Å². The Morgan fingerprint density at radius 1 is 1.40 bits per heavy atom. The largest absolute Gasteiger partial charge is 0.379 e. The third-order valence-electron chi connectivity index (χ3n) is 2.80. The number of hydrogen-bond acceptors (Lipinski definition) is 3. The van der Waals surface area contributed by atoms with E-state index in [1.807, 2.05) is 11.8 Å². The fraction of sp³-hybridized carbons (Fsp3) is 1.00. The van der Waals surface area contributed by atoms with Gasteiger partial charge in [-0.05, 0) is 24.5 Å². The molecule has 1 heterocycles. The smallest absolute Gasteiger partial charge is 0.104 e. The average Bonchev–Trinajstić information content (AvgIpc) is 2.55. The molecule has 0 amide bonds. The van der Waals surface area contributed by atoms with Crippen LogP contribution in [0.4, 0.5) is 0 Å². The van der Waals surface area contributed by atoms with Crippen LogP contribution in [-0.2, 0) is 9.47 Å². The molecule has 1 rings (SSSR count). The third-order valence-corrected chi connectivity index (χ3v) is 3.81. The summed E-state index contributed by atoms with van der Waals surface area (Å²) in [5.41, 5.74) is 0.407. The van der Waals surface area contributed by atoms with Crippen LogP contribution in [0.3, 0.4) is 0 Å². The van der Waals surface area contributed by atoms with Crippen LogP contribution in [0.2, 0.25) is 0 Å². The third kappa shape index (κ3) is 4.75. The lowest BCUT2D eigenvalue weighted by Gasteiger charge is -2.15. The van der Waals surface area contributed by atoms with Crippen LogP contribution >= 0.6 is 11.8 Å². The molecule has 0 saturated carbocycles. The molecule has 3 heteroatoms. The van der Waals surface area contributed by atoms with Crippen LogP contribution < -0.4 is 0 Å². The minimum absolute atomic E-state index is 0.325. The van der Waals surface area contributed by atoms with Gasteiger partial charge in [0.15, 0.2) is 0 Å². The lowest BCUT2D eigenvalue weighted by atomic mass is 10.1. The van der Waals surface area contributed by atoms with E-state index in [1.165, 1.54) is 12.8 Å². The maximum absolute atomic E-state index is 5.93. The predicted molar refractivity (Wildman–Crippen MR) is 66.3 cm³/mol. The molecule has 0 aromatic heterocycles. The highest BCUT2D eigenvalue weighted by Gasteiger charge is 2.31. The van der Waals surface area contributed by atoms with Crippen molar-refractivity contribution >= 4 is 11.8 Å². The molecule has 1 saturated heterocycles. The summed E-state index contributed by atoms with van der Waals surface area (Å²) in [5, 5.41) is 0. The van der Waals surface area contributed by atoms with Crippen molar-refractivity contribution < 1.29 is 9.47 Å². The number of thioether (sulfide) groups is 1. The van der Waals surface area contributed by atoms with Crippen molar-refractivity contribution in [2.75, 3.05) is 19.0 Å². The monoisotopic (exact) mass is 232 g/mol. The van der Waals surface area contributed by atoms with Crippen LogP contribution in [-0.4, -0.2) is 30.5 Å². The summed E-state index contributed by atoms with van der Waals surface area (Å²) in [6.07, 6.45) is 3.87. The molecule has 0 aliphatic carbocycles. The fourth-order valence-corrected chi connectivity index (χ4v) is 2.82. The summed E-state index contributed by atoms with van der Waals surface area (Å²) in [4.78, 5) is 0. The zero-order valence-corrected chi connectivity index (χ0v) is 11.0. The SMILES string of the molecule is CCCCOC[C@H]1OC(SCC)C[C@H]1C. The van der Waals surface area contributed by atoms with Gasteiger partial charge in [-0.1, -0.05) is 27.2 Å². The standard InChI is InChI=1S/C12H24O2S/c1-4-6-7-13-9-11-10(3)8-12(14-11)15-5-2/h10-12H,4-9H2,1-3H3/t10-,11-,12?/m1/s1. The van der Waals surface area contributed by atoms with E-state index in [-0.39, 0.29) is 0 Å². The molecule has 0 spiro atoms. The molecule has 1 aliphatic rings. The topological polar surface area (TPSA) is 18.5 Å². The van der Waals surface area contributed by atoms with Gasteiger partial charge in [-0.3, -0.25) is 0 Å². The molecular weight excluding hydrogens is 208 g/mol. The second kappa shape index (κ2) is 7.53. The molecule has 0 N–H and O–H groups in total. The first-order valence-corrected chi connectivity index (χ1v) is 7.17. The minimum Gasteiger partial charge on any atom is -0.379 e. The molecule has 1 unspecified atom stereocenters. The van der Waals surface area contributed by atoms with E-state index >= 15 is 0 Å². The van der Waals surface area contributed by atoms with Gasteiger partial charge in [-0.2, -0.15) is 0 Å². The predicted octanol–water partition coefficient (Wildman–Crippen LogP) is 3.31. The number of hydrogen-bond donors (Lipinski definition) is 0. The van der Waals surface area contributed by atoms with Gasteiger partial charge in [-0.15, -0.1) is 11.8 Å². The molecule has 90 valence electrons. The lowest BCUT2D eigenvalue weighted by molar-refractivity contribution is -0.00379. The molecule has 0 aromatic carbocycles. The van der Waals surface area contributed by atoms with Gasteiger partial charge < -0.3 is 9.47 Å². The van der Waals surface area contributed by atoms with Crippen molar-refractivity contribution in [2.45, 2.75) is 51.6 Å². The summed E-state index contributed by atoms with van der Waals surface area (Å²) in [7, 11) is 0. The first kappa shape index (κ1) is 13.3. The lowest BCUT2D eigenvalue weighted by Crippen LogP contribution is -2.21. The van der Waals surface area contributed by atoms with E-state index in [9.17, 15) is 0 Å². The van der Waals surface area contributed by atoms with Gasteiger partial charge in [0, 0.05) is 6.61 Å². The van der Waals surface area contributed by atoms with E-state index < -0.39 is 0 Å². The first-order valence-electron chi connectivity index (χ1n) is 6.12. The maximum Gasteiger partial charge on any atom is 0.104 e. The van der Waals surface area contributed by atoms with E-state index in [0.717, 1.165) is 25.4 Å². The van der Waals surface area contributed by atoms with Gasteiger partial charge >= 0.3 is 0 Å². The van der Waals surface area contributed by atoms with Crippen LogP contribution in [0.25, 0.3) is 0 Å². The zero-order chi connectivity index (χ0) is 11.1. The number of ether oxygens (including phenoxy) is 2. The Kier molecular flexibility index (Phi) is 6.69. The van der Waals surface area contributed by atoms with Crippen LogP contribution in [0.5, 0.6) is 0 Å². The molecule has 1 fully saturated rings. The molecule has 2 nitrogen and oxygen atoms in total. The van der Waals surface area contributed by atoms with Crippen molar-refractivity contribution in [1.82, 2.24) is 0 Å². The maximum atomic E-state index is 5.93. The summed E-state index contributed by atoms with van der Waals surface area (Å²) in [6.45, 7) is 8.30. The van der Waals surface area contributed by atoms with Gasteiger partial charge in [0.1, 0.15) is 5.44 Å². The van der Waals surface area contributed by atoms with E-state index in [0.29, 0.717) is 17.5 Å². The summed E-state index contributed by atoms with van der Waals surface area (Å²) in [6, 6.07) is 0. The molecule has 1 aliphatic heterocycles. The van der Waals surface area contributed by atoms with Crippen LogP contribution in [0.1, 0.15) is 40.0 Å². The summed E-state index contributed by atoms with van der Waals surface area (Å²) < 4.78 is 11.6. The highest BCUT2D eigenvalue weighted by atomic mass is 32.2. The summed E-state index contributed by atoms with van der Waals surface area (Å²) in [5.74, 6) is 1.79. The molecule has 0 aromatic rings.